The number of aryl methyl sites for hydroxylation is 2. The molecule has 1 N–H and O–H groups in total. The van der Waals surface area contributed by atoms with Crippen LogP contribution in [0.1, 0.15) is 42.3 Å². The molecule has 2 heterocycles. The summed E-state index contributed by atoms with van der Waals surface area (Å²) in [5.74, 6) is 1.49. The van der Waals surface area contributed by atoms with Crippen LogP contribution in [0.4, 0.5) is 0 Å². The SMILES string of the molecule is Cc1nc(Cc2ccccn2)nc(C)c1CNCC(C)C. The molecule has 0 radical (unpaired) electrons. The molecule has 0 aliphatic rings. The second-order valence-corrected chi connectivity index (χ2v) is 5.81. The van der Waals surface area contributed by atoms with Crippen molar-refractivity contribution in [1.82, 2.24) is 20.3 Å². The lowest BCUT2D eigenvalue weighted by atomic mass is 10.1. The smallest absolute Gasteiger partial charge is 0.134 e. The molecule has 0 atom stereocenters. The van der Waals surface area contributed by atoms with Gasteiger partial charge >= 0.3 is 0 Å². The van der Waals surface area contributed by atoms with E-state index in [1.165, 1.54) is 5.56 Å². The fraction of sp³-hybridized carbons (Fsp3) is 0.471. The number of nitrogens with zero attached hydrogens (tertiary/aromatic N) is 3. The minimum absolute atomic E-state index is 0.648. The summed E-state index contributed by atoms with van der Waals surface area (Å²) in [4.78, 5) is 13.6. The Morgan fingerprint density at radius 1 is 1.10 bits per heavy atom. The van der Waals surface area contributed by atoms with Crippen LogP contribution in [-0.4, -0.2) is 21.5 Å². The van der Waals surface area contributed by atoms with Crippen molar-refractivity contribution in [2.24, 2.45) is 5.92 Å². The predicted molar refractivity (Wildman–Crippen MR) is 85.1 cm³/mol. The molecule has 2 rings (SSSR count). The lowest BCUT2D eigenvalue weighted by molar-refractivity contribution is 0.548. The molecule has 0 bridgehead atoms. The van der Waals surface area contributed by atoms with Crippen LogP contribution < -0.4 is 5.32 Å². The lowest BCUT2D eigenvalue weighted by Gasteiger charge is -2.13. The van der Waals surface area contributed by atoms with Crippen molar-refractivity contribution in [2.75, 3.05) is 6.54 Å². The maximum atomic E-state index is 4.64. The van der Waals surface area contributed by atoms with Gasteiger partial charge in [0, 0.05) is 35.4 Å². The van der Waals surface area contributed by atoms with E-state index in [9.17, 15) is 0 Å². The average molecular weight is 284 g/mol. The van der Waals surface area contributed by atoms with Gasteiger partial charge in [0.15, 0.2) is 0 Å². The normalized spacial score (nSPS) is 11.1. The zero-order valence-corrected chi connectivity index (χ0v) is 13.3. The molecule has 0 amide bonds. The Morgan fingerprint density at radius 2 is 1.81 bits per heavy atom. The highest BCUT2D eigenvalue weighted by atomic mass is 14.9. The average Bonchev–Trinajstić information content (AvgIpc) is 2.42. The molecule has 4 nitrogen and oxygen atoms in total. The fourth-order valence-corrected chi connectivity index (χ4v) is 2.29. The van der Waals surface area contributed by atoms with E-state index in [0.29, 0.717) is 12.3 Å². The Hall–Kier alpha value is -1.81. The molecule has 112 valence electrons. The van der Waals surface area contributed by atoms with Crippen molar-refractivity contribution in [3.8, 4) is 0 Å². The summed E-state index contributed by atoms with van der Waals surface area (Å²) < 4.78 is 0. The van der Waals surface area contributed by atoms with Gasteiger partial charge < -0.3 is 5.32 Å². The van der Waals surface area contributed by atoms with Crippen LogP contribution in [0.25, 0.3) is 0 Å². The molecule has 0 unspecified atom stereocenters. The van der Waals surface area contributed by atoms with E-state index in [2.05, 4.69) is 48.0 Å². The second kappa shape index (κ2) is 7.27. The monoisotopic (exact) mass is 284 g/mol. The molecule has 21 heavy (non-hydrogen) atoms. The third kappa shape index (κ3) is 4.60. The van der Waals surface area contributed by atoms with Gasteiger partial charge in [-0.3, -0.25) is 4.98 Å². The van der Waals surface area contributed by atoms with E-state index < -0.39 is 0 Å². The molecule has 0 saturated heterocycles. The van der Waals surface area contributed by atoms with Crippen LogP contribution in [0.3, 0.4) is 0 Å². The lowest BCUT2D eigenvalue weighted by Crippen LogP contribution is -2.21. The van der Waals surface area contributed by atoms with Crippen LogP contribution in [0.5, 0.6) is 0 Å². The van der Waals surface area contributed by atoms with E-state index in [1.807, 2.05) is 18.2 Å². The molecule has 0 saturated carbocycles. The summed E-state index contributed by atoms with van der Waals surface area (Å²) in [5.41, 5.74) is 4.33. The molecule has 0 spiro atoms. The highest BCUT2D eigenvalue weighted by Crippen LogP contribution is 2.12. The van der Waals surface area contributed by atoms with Gasteiger partial charge in [-0.05, 0) is 38.4 Å². The molecule has 4 heteroatoms. The van der Waals surface area contributed by atoms with Crippen molar-refractivity contribution >= 4 is 0 Å². The maximum Gasteiger partial charge on any atom is 0.134 e. The highest BCUT2D eigenvalue weighted by Gasteiger charge is 2.09. The Bertz CT molecular complexity index is 556. The maximum absolute atomic E-state index is 4.64. The molecule has 2 aromatic heterocycles. The predicted octanol–water partition coefficient (Wildman–Crippen LogP) is 2.82. The van der Waals surface area contributed by atoms with Crippen LogP contribution >= 0.6 is 0 Å². The third-order valence-electron chi connectivity index (χ3n) is 3.39. The number of aromatic nitrogens is 3. The second-order valence-electron chi connectivity index (χ2n) is 5.81. The number of hydrogen-bond acceptors (Lipinski definition) is 4. The largest absolute Gasteiger partial charge is 0.312 e. The van der Waals surface area contributed by atoms with Gasteiger partial charge in [0.25, 0.3) is 0 Å². The van der Waals surface area contributed by atoms with Crippen molar-refractivity contribution in [2.45, 2.75) is 40.7 Å². The summed E-state index contributed by atoms with van der Waals surface area (Å²) >= 11 is 0. The Kier molecular flexibility index (Phi) is 5.39. The quantitative estimate of drug-likeness (QED) is 0.886. The van der Waals surface area contributed by atoms with E-state index in [1.54, 1.807) is 6.20 Å². The van der Waals surface area contributed by atoms with Gasteiger partial charge in [0.05, 0.1) is 6.42 Å². The first-order valence-electron chi connectivity index (χ1n) is 7.50. The minimum atomic E-state index is 0.648. The van der Waals surface area contributed by atoms with E-state index >= 15 is 0 Å². The highest BCUT2D eigenvalue weighted by molar-refractivity contribution is 5.25. The molecular weight excluding hydrogens is 260 g/mol. The molecule has 0 aliphatic carbocycles. The minimum Gasteiger partial charge on any atom is -0.312 e. The van der Waals surface area contributed by atoms with E-state index in [-0.39, 0.29) is 0 Å². The van der Waals surface area contributed by atoms with Crippen molar-refractivity contribution in [3.05, 3.63) is 52.9 Å². The summed E-state index contributed by atoms with van der Waals surface area (Å²) in [5, 5.41) is 3.46. The van der Waals surface area contributed by atoms with Crippen molar-refractivity contribution in [3.63, 3.8) is 0 Å². The van der Waals surface area contributed by atoms with Crippen molar-refractivity contribution in [1.29, 1.82) is 0 Å². The summed E-state index contributed by atoms with van der Waals surface area (Å²) in [6, 6.07) is 5.92. The summed E-state index contributed by atoms with van der Waals surface area (Å²) in [6.07, 6.45) is 2.49. The van der Waals surface area contributed by atoms with Crippen molar-refractivity contribution < 1.29 is 0 Å². The number of rotatable bonds is 6. The molecule has 0 aliphatic heterocycles. The van der Waals surface area contributed by atoms with Gasteiger partial charge in [0.1, 0.15) is 5.82 Å². The summed E-state index contributed by atoms with van der Waals surface area (Å²) in [7, 11) is 0. The molecular formula is C17H24N4. The van der Waals surface area contributed by atoms with E-state index in [4.69, 9.17) is 0 Å². The first-order valence-corrected chi connectivity index (χ1v) is 7.50. The zero-order chi connectivity index (χ0) is 15.2. The fourth-order valence-electron chi connectivity index (χ4n) is 2.29. The Morgan fingerprint density at radius 3 is 2.38 bits per heavy atom. The topological polar surface area (TPSA) is 50.7 Å². The molecule has 2 aromatic rings. The molecule has 0 aromatic carbocycles. The van der Waals surface area contributed by atoms with Gasteiger partial charge in [0.2, 0.25) is 0 Å². The van der Waals surface area contributed by atoms with Crippen LogP contribution in [-0.2, 0) is 13.0 Å². The third-order valence-corrected chi connectivity index (χ3v) is 3.39. The number of nitrogens with one attached hydrogen (secondary N) is 1. The first kappa shape index (κ1) is 15.6. The number of hydrogen-bond donors (Lipinski definition) is 1. The zero-order valence-electron chi connectivity index (χ0n) is 13.3. The van der Waals surface area contributed by atoms with Crippen LogP contribution in [0, 0.1) is 19.8 Å². The number of pyridine rings is 1. The van der Waals surface area contributed by atoms with E-state index in [0.717, 1.165) is 36.0 Å². The van der Waals surface area contributed by atoms with Gasteiger partial charge in [-0.1, -0.05) is 19.9 Å². The van der Waals surface area contributed by atoms with Gasteiger partial charge in [-0.15, -0.1) is 0 Å². The Labute approximate surface area is 127 Å². The summed E-state index contributed by atoms with van der Waals surface area (Å²) in [6.45, 7) is 10.4. The van der Waals surface area contributed by atoms with Gasteiger partial charge in [-0.25, -0.2) is 9.97 Å². The van der Waals surface area contributed by atoms with Crippen LogP contribution in [0.15, 0.2) is 24.4 Å². The van der Waals surface area contributed by atoms with Gasteiger partial charge in [-0.2, -0.15) is 0 Å². The standard InChI is InChI=1S/C17H24N4/c1-12(2)10-18-11-16-13(3)20-17(21-14(16)4)9-15-7-5-6-8-19-15/h5-8,12,18H,9-11H2,1-4H3. The Balaban J connectivity index is 2.09. The first-order chi connectivity index (χ1) is 10.1. The van der Waals surface area contributed by atoms with Crippen LogP contribution in [0.2, 0.25) is 0 Å². The molecule has 0 fully saturated rings.